The number of ether oxygens (including phenoxy) is 2. The molecule has 0 radical (unpaired) electrons. The Bertz CT molecular complexity index is 957. The SMILES string of the molecule is COc1ccc(/C=C(\C#N)C(=O)OCC(=O)N2c3ccccc3C[C@@H]2C)cc1. The smallest absolute Gasteiger partial charge is 0.349 e. The Hall–Kier alpha value is -3.59. The van der Waals surface area contributed by atoms with Crippen LogP contribution in [0, 0.1) is 11.3 Å². The van der Waals surface area contributed by atoms with E-state index in [0.29, 0.717) is 11.3 Å². The fraction of sp³-hybridized carbons (Fsp3) is 0.227. The molecular formula is C22H20N2O4. The average molecular weight is 376 g/mol. The Morgan fingerprint density at radius 1 is 1.21 bits per heavy atom. The Labute approximate surface area is 163 Å². The van der Waals surface area contributed by atoms with E-state index < -0.39 is 12.6 Å². The summed E-state index contributed by atoms with van der Waals surface area (Å²) in [5, 5.41) is 9.27. The molecule has 1 atom stereocenters. The first-order valence-electron chi connectivity index (χ1n) is 8.86. The number of benzene rings is 2. The Kier molecular flexibility index (Phi) is 5.75. The maximum absolute atomic E-state index is 12.6. The minimum absolute atomic E-state index is 0.00567. The standard InChI is InChI=1S/C22H20N2O4/c1-15-11-17-5-3-4-6-20(17)24(15)21(25)14-28-22(26)18(13-23)12-16-7-9-19(27-2)10-8-16/h3-10,12,15H,11,14H2,1-2H3/b18-12+/t15-/m0/s1. The van der Waals surface area contributed by atoms with Crippen molar-refractivity contribution in [3.05, 3.63) is 65.2 Å². The lowest BCUT2D eigenvalue weighted by Crippen LogP contribution is -2.38. The lowest BCUT2D eigenvalue weighted by Gasteiger charge is -2.22. The van der Waals surface area contributed by atoms with E-state index in [9.17, 15) is 14.9 Å². The van der Waals surface area contributed by atoms with Crippen molar-refractivity contribution in [3.63, 3.8) is 0 Å². The number of anilines is 1. The second kappa shape index (κ2) is 8.40. The zero-order chi connectivity index (χ0) is 20.1. The molecule has 1 aliphatic heterocycles. The van der Waals surface area contributed by atoms with Crippen molar-refractivity contribution in [2.45, 2.75) is 19.4 Å². The van der Waals surface area contributed by atoms with Gasteiger partial charge in [0.2, 0.25) is 0 Å². The fourth-order valence-electron chi connectivity index (χ4n) is 3.22. The highest BCUT2D eigenvalue weighted by Gasteiger charge is 2.31. The molecular weight excluding hydrogens is 356 g/mol. The number of carbonyl (C=O) groups is 2. The summed E-state index contributed by atoms with van der Waals surface area (Å²) in [6.45, 7) is 1.53. The van der Waals surface area contributed by atoms with Crippen LogP contribution in [0.2, 0.25) is 0 Å². The number of nitrogens with zero attached hydrogens (tertiary/aromatic N) is 2. The van der Waals surface area contributed by atoms with E-state index in [1.54, 1.807) is 36.3 Å². The van der Waals surface area contributed by atoms with Crippen LogP contribution in [0.25, 0.3) is 6.08 Å². The van der Waals surface area contributed by atoms with Gasteiger partial charge < -0.3 is 14.4 Å². The van der Waals surface area contributed by atoms with Gasteiger partial charge in [0.25, 0.3) is 5.91 Å². The predicted molar refractivity (Wildman–Crippen MR) is 105 cm³/mol. The number of nitriles is 1. The summed E-state index contributed by atoms with van der Waals surface area (Å²) in [6.07, 6.45) is 2.18. The lowest BCUT2D eigenvalue weighted by atomic mass is 10.1. The molecule has 0 saturated carbocycles. The van der Waals surface area contributed by atoms with E-state index in [1.807, 2.05) is 37.3 Å². The number of hydrogen-bond acceptors (Lipinski definition) is 5. The largest absolute Gasteiger partial charge is 0.497 e. The predicted octanol–water partition coefficient (Wildman–Crippen LogP) is 3.12. The Morgan fingerprint density at radius 3 is 2.61 bits per heavy atom. The van der Waals surface area contributed by atoms with Gasteiger partial charge in [-0.1, -0.05) is 30.3 Å². The normalized spacial score (nSPS) is 15.5. The zero-order valence-corrected chi connectivity index (χ0v) is 15.7. The first kappa shape index (κ1) is 19.2. The molecule has 0 fully saturated rings. The van der Waals surface area contributed by atoms with Crippen LogP contribution in [-0.2, 0) is 20.7 Å². The highest BCUT2D eigenvalue weighted by molar-refractivity contribution is 6.01. The third-order valence-corrected chi connectivity index (χ3v) is 4.57. The zero-order valence-electron chi connectivity index (χ0n) is 15.7. The fourth-order valence-corrected chi connectivity index (χ4v) is 3.22. The number of carbonyl (C=O) groups excluding carboxylic acids is 2. The van der Waals surface area contributed by atoms with Gasteiger partial charge in [-0.05, 0) is 48.7 Å². The van der Waals surface area contributed by atoms with Gasteiger partial charge in [0, 0.05) is 11.7 Å². The van der Waals surface area contributed by atoms with Crippen molar-refractivity contribution < 1.29 is 19.1 Å². The maximum Gasteiger partial charge on any atom is 0.349 e. The molecule has 0 N–H and O–H groups in total. The van der Waals surface area contributed by atoms with E-state index in [2.05, 4.69) is 0 Å². The Morgan fingerprint density at radius 2 is 1.93 bits per heavy atom. The number of hydrogen-bond donors (Lipinski definition) is 0. The van der Waals surface area contributed by atoms with Crippen molar-refractivity contribution in [1.29, 1.82) is 5.26 Å². The molecule has 1 heterocycles. The summed E-state index contributed by atoms with van der Waals surface area (Å²) in [5.74, 6) is -0.469. The molecule has 3 rings (SSSR count). The molecule has 1 amide bonds. The summed E-state index contributed by atoms with van der Waals surface area (Å²) < 4.78 is 10.2. The first-order chi connectivity index (χ1) is 13.5. The summed E-state index contributed by atoms with van der Waals surface area (Å²) in [4.78, 5) is 26.5. The quantitative estimate of drug-likeness (QED) is 0.455. The van der Waals surface area contributed by atoms with Gasteiger partial charge in [0.05, 0.1) is 7.11 Å². The second-order valence-corrected chi connectivity index (χ2v) is 6.46. The summed E-state index contributed by atoms with van der Waals surface area (Å²) >= 11 is 0. The van der Waals surface area contributed by atoms with E-state index >= 15 is 0 Å². The first-order valence-corrected chi connectivity index (χ1v) is 8.86. The van der Waals surface area contributed by atoms with Crippen molar-refractivity contribution >= 4 is 23.6 Å². The highest BCUT2D eigenvalue weighted by Crippen LogP contribution is 2.31. The van der Waals surface area contributed by atoms with E-state index in [4.69, 9.17) is 9.47 Å². The van der Waals surface area contributed by atoms with E-state index in [1.165, 1.54) is 6.08 Å². The molecule has 6 heteroatoms. The van der Waals surface area contributed by atoms with Crippen LogP contribution in [-0.4, -0.2) is 31.6 Å². The monoisotopic (exact) mass is 376 g/mol. The number of para-hydroxylation sites is 1. The van der Waals surface area contributed by atoms with E-state index in [0.717, 1.165) is 17.7 Å². The molecule has 2 aromatic rings. The summed E-state index contributed by atoms with van der Waals surface area (Å²) in [6, 6.07) is 16.4. The van der Waals surface area contributed by atoms with Crippen molar-refractivity contribution in [3.8, 4) is 11.8 Å². The number of fused-ring (bicyclic) bond motifs is 1. The van der Waals surface area contributed by atoms with Gasteiger partial charge in [0.15, 0.2) is 6.61 Å². The Balaban J connectivity index is 1.66. The summed E-state index contributed by atoms with van der Waals surface area (Å²) in [5.41, 5.74) is 2.41. The molecule has 6 nitrogen and oxygen atoms in total. The second-order valence-electron chi connectivity index (χ2n) is 6.46. The van der Waals surface area contributed by atoms with Crippen LogP contribution in [0.15, 0.2) is 54.1 Å². The van der Waals surface area contributed by atoms with Crippen molar-refractivity contribution in [2.75, 3.05) is 18.6 Å². The van der Waals surface area contributed by atoms with Crippen LogP contribution in [0.1, 0.15) is 18.1 Å². The maximum atomic E-state index is 12.6. The number of methoxy groups -OCH3 is 1. The van der Waals surface area contributed by atoms with Gasteiger partial charge in [-0.3, -0.25) is 4.79 Å². The lowest BCUT2D eigenvalue weighted by molar-refractivity contribution is -0.143. The third kappa shape index (κ3) is 4.04. The molecule has 1 aliphatic rings. The van der Waals surface area contributed by atoms with Gasteiger partial charge in [-0.15, -0.1) is 0 Å². The molecule has 28 heavy (non-hydrogen) atoms. The molecule has 142 valence electrons. The van der Waals surface area contributed by atoms with Crippen LogP contribution >= 0.6 is 0 Å². The molecule has 0 aromatic heterocycles. The average Bonchev–Trinajstić information content (AvgIpc) is 3.06. The summed E-state index contributed by atoms with van der Waals surface area (Å²) in [7, 11) is 1.56. The van der Waals surface area contributed by atoms with Crippen LogP contribution in [0.3, 0.4) is 0 Å². The van der Waals surface area contributed by atoms with Gasteiger partial charge in [0.1, 0.15) is 17.4 Å². The molecule has 0 aliphatic carbocycles. The number of esters is 1. The van der Waals surface area contributed by atoms with Crippen LogP contribution in [0.5, 0.6) is 5.75 Å². The molecule has 0 bridgehead atoms. The van der Waals surface area contributed by atoms with Crippen molar-refractivity contribution in [2.24, 2.45) is 0 Å². The molecule has 0 spiro atoms. The highest BCUT2D eigenvalue weighted by atomic mass is 16.5. The van der Waals surface area contributed by atoms with Crippen LogP contribution in [0.4, 0.5) is 5.69 Å². The molecule has 0 saturated heterocycles. The molecule has 0 unspecified atom stereocenters. The van der Waals surface area contributed by atoms with Gasteiger partial charge in [-0.25, -0.2) is 4.79 Å². The van der Waals surface area contributed by atoms with E-state index in [-0.39, 0.29) is 17.5 Å². The molecule has 2 aromatic carbocycles. The topological polar surface area (TPSA) is 79.6 Å². The van der Waals surface area contributed by atoms with Gasteiger partial charge >= 0.3 is 5.97 Å². The number of amides is 1. The minimum Gasteiger partial charge on any atom is -0.497 e. The number of rotatable bonds is 5. The van der Waals surface area contributed by atoms with Crippen molar-refractivity contribution in [1.82, 2.24) is 0 Å². The van der Waals surface area contributed by atoms with Crippen LogP contribution < -0.4 is 9.64 Å². The third-order valence-electron chi connectivity index (χ3n) is 4.57. The minimum atomic E-state index is -0.827. The van der Waals surface area contributed by atoms with Gasteiger partial charge in [-0.2, -0.15) is 5.26 Å².